The van der Waals surface area contributed by atoms with Crippen LogP contribution in [-0.4, -0.2) is 59.6 Å². The molecule has 0 spiro atoms. The first-order valence-corrected chi connectivity index (χ1v) is 7.05. The molecule has 6 nitrogen and oxygen atoms in total. The van der Waals surface area contributed by atoms with Gasteiger partial charge >= 0.3 is 0 Å². The highest BCUT2D eigenvalue weighted by atomic mass is 16.5. The van der Waals surface area contributed by atoms with Gasteiger partial charge in [0, 0.05) is 39.3 Å². The maximum atomic E-state index is 12.7. The largest absolute Gasteiger partial charge is 0.361 e. The Bertz CT molecular complexity index is 463. The van der Waals surface area contributed by atoms with E-state index < -0.39 is 5.54 Å². The van der Waals surface area contributed by atoms with E-state index in [0.717, 1.165) is 37.6 Å². The van der Waals surface area contributed by atoms with E-state index >= 15 is 0 Å². The predicted molar refractivity (Wildman–Crippen MR) is 76.2 cm³/mol. The molecule has 1 aromatic rings. The molecule has 1 N–H and O–H groups in total. The first-order valence-electron chi connectivity index (χ1n) is 7.05. The maximum Gasteiger partial charge on any atom is 0.242 e. The average molecular weight is 280 g/mol. The van der Waals surface area contributed by atoms with E-state index in [9.17, 15) is 4.79 Å². The van der Waals surface area contributed by atoms with Gasteiger partial charge in [-0.15, -0.1) is 0 Å². The van der Waals surface area contributed by atoms with Gasteiger partial charge in [-0.05, 0) is 20.8 Å². The molecule has 0 saturated carbocycles. The second kappa shape index (κ2) is 5.93. The lowest BCUT2D eigenvalue weighted by Crippen LogP contribution is -2.60. The summed E-state index contributed by atoms with van der Waals surface area (Å²) in [5.41, 5.74) is 0.296. The molecule has 0 aliphatic carbocycles. The van der Waals surface area contributed by atoms with E-state index in [2.05, 4.69) is 15.4 Å². The second-order valence-electron chi connectivity index (χ2n) is 5.89. The van der Waals surface area contributed by atoms with Crippen LogP contribution in [-0.2, 0) is 11.3 Å². The third-order valence-corrected chi connectivity index (χ3v) is 3.85. The minimum Gasteiger partial charge on any atom is -0.361 e. The molecule has 112 valence electrons. The lowest BCUT2D eigenvalue weighted by atomic mass is 9.99. The van der Waals surface area contributed by atoms with Gasteiger partial charge in [-0.25, -0.2) is 0 Å². The van der Waals surface area contributed by atoms with Gasteiger partial charge in [0.25, 0.3) is 0 Å². The summed E-state index contributed by atoms with van der Waals surface area (Å²) in [5, 5.41) is 7.25. The van der Waals surface area contributed by atoms with Crippen LogP contribution in [0.15, 0.2) is 10.6 Å². The molecular formula is C14H24N4O2. The zero-order valence-corrected chi connectivity index (χ0v) is 12.8. The SMILES string of the molecule is Cc1cc(CN(C)C(=O)C(C)(C)N2CCNCC2)no1. The van der Waals surface area contributed by atoms with Gasteiger partial charge in [-0.2, -0.15) is 0 Å². The summed E-state index contributed by atoms with van der Waals surface area (Å²) in [7, 11) is 1.82. The molecule has 0 unspecified atom stereocenters. The van der Waals surface area contributed by atoms with Crippen molar-refractivity contribution in [1.82, 2.24) is 20.3 Å². The van der Waals surface area contributed by atoms with Crippen LogP contribution in [0.2, 0.25) is 0 Å². The highest BCUT2D eigenvalue weighted by Gasteiger charge is 2.37. The number of nitrogens with one attached hydrogen (secondary N) is 1. The number of nitrogens with zero attached hydrogens (tertiary/aromatic N) is 3. The first kappa shape index (κ1) is 15.0. The van der Waals surface area contributed by atoms with Gasteiger partial charge in [-0.3, -0.25) is 9.69 Å². The molecule has 20 heavy (non-hydrogen) atoms. The van der Waals surface area contributed by atoms with Crippen molar-refractivity contribution in [3.05, 3.63) is 17.5 Å². The number of likely N-dealkylation sites (N-methyl/N-ethyl adjacent to an activating group) is 1. The van der Waals surface area contributed by atoms with Gasteiger partial charge in [0.15, 0.2) is 0 Å². The number of hydrogen-bond acceptors (Lipinski definition) is 5. The fourth-order valence-electron chi connectivity index (χ4n) is 2.63. The molecule has 1 saturated heterocycles. The monoisotopic (exact) mass is 280 g/mol. The van der Waals surface area contributed by atoms with Crippen LogP contribution < -0.4 is 5.32 Å². The number of rotatable bonds is 4. The summed E-state index contributed by atoms with van der Waals surface area (Å²) in [6, 6.07) is 1.86. The smallest absolute Gasteiger partial charge is 0.242 e. The molecule has 2 heterocycles. The van der Waals surface area contributed by atoms with Crippen LogP contribution >= 0.6 is 0 Å². The van der Waals surface area contributed by atoms with Crippen LogP contribution in [0.3, 0.4) is 0 Å². The Hall–Kier alpha value is -1.40. The zero-order valence-electron chi connectivity index (χ0n) is 12.8. The maximum absolute atomic E-state index is 12.7. The van der Waals surface area contributed by atoms with Gasteiger partial charge in [-0.1, -0.05) is 5.16 Å². The lowest BCUT2D eigenvalue weighted by molar-refractivity contribution is -0.142. The molecule has 1 aliphatic heterocycles. The van der Waals surface area contributed by atoms with Crippen molar-refractivity contribution < 1.29 is 9.32 Å². The van der Waals surface area contributed by atoms with E-state index in [1.165, 1.54) is 0 Å². The zero-order chi connectivity index (χ0) is 14.8. The number of hydrogen-bond donors (Lipinski definition) is 1. The number of amides is 1. The highest BCUT2D eigenvalue weighted by molar-refractivity contribution is 5.85. The Labute approximate surface area is 120 Å². The van der Waals surface area contributed by atoms with Gasteiger partial charge in [0.1, 0.15) is 11.5 Å². The number of carbonyl (C=O) groups excluding carboxylic acids is 1. The van der Waals surface area contributed by atoms with Crippen LogP contribution in [0.4, 0.5) is 0 Å². The molecule has 1 amide bonds. The molecule has 1 aromatic heterocycles. The third kappa shape index (κ3) is 3.19. The number of aromatic nitrogens is 1. The Morgan fingerprint density at radius 1 is 1.50 bits per heavy atom. The number of carbonyl (C=O) groups is 1. The molecule has 6 heteroatoms. The summed E-state index contributed by atoms with van der Waals surface area (Å²) in [6.07, 6.45) is 0. The molecular weight excluding hydrogens is 256 g/mol. The van der Waals surface area contributed by atoms with E-state index in [0.29, 0.717) is 6.54 Å². The second-order valence-corrected chi connectivity index (χ2v) is 5.89. The summed E-state index contributed by atoms with van der Waals surface area (Å²) >= 11 is 0. The molecule has 1 aliphatic rings. The van der Waals surface area contributed by atoms with Gasteiger partial charge < -0.3 is 14.7 Å². The number of aryl methyl sites for hydroxylation is 1. The summed E-state index contributed by atoms with van der Waals surface area (Å²) in [6.45, 7) is 9.97. The average Bonchev–Trinajstić information content (AvgIpc) is 2.84. The minimum atomic E-state index is -0.490. The van der Waals surface area contributed by atoms with Gasteiger partial charge in [0.2, 0.25) is 5.91 Å². The molecule has 1 fully saturated rings. The molecule has 0 bridgehead atoms. The highest BCUT2D eigenvalue weighted by Crippen LogP contribution is 2.19. The van der Waals surface area contributed by atoms with Crippen LogP contribution in [0, 0.1) is 6.92 Å². The van der Waals surface area contributed by atoms with Crippen molar-refractivity contribution in [3.8, 4) is 0 Å². The van der Waals surface area contributed by atoms with E-state index in [-0.39, 0.29) is 5.91 Å². The van der Waals surface area contributed by atoms with Crippen LogP contribution in [0.25, 0.3) is 0 Å². The lowest BCUT2D eigenvalue weighted by Gasteiger charge is -2.41. The first-order chi connectivity index (χ1) is 9.41. The Morgan fingerprint density at radius 3 is 2.70 bits per heavy atom. The Morgan fingerprint density at radius 2 is 2.15 bits per heavy atom. The van der Waals surface area contributed by atoms with E-state index in [1.54, 1.807) is 4.90 Å². The standard InChI is InChI=1S/C14H24N4O2/c1-11-9-12(16-20-11)10-17(4)13(19)14(2,3)18-7-5-15-6-8-18/h9,15H,5-8,10H2,1-4H3. The number of piperazine rings is 1. The van der Waals surface area contributed by atoms with Crippen molar-refractivity contribution in [2.75, 3.05) is 33.2 Å². The predicted octanol–water partition coefficient (Wildman–Crippen LogP) is 0.625. The van der Waals surface area contributed by atoms with Crippen LogP contribution in [0.5, 0.6) is 0 Å². The normalized spacial score (nSPS) is 17.2. The topological polar surface area (TPSA) is 61.6 Å². The van der Waals surface area contributed by atoms with E-state index in [1.807, 2.05) is 33.9 Å². The molecule has 2 rings (SSSR count). The minimum absolute atomic E-state index is 0.111. The quantitative estimate of drug-likeness (QED) is 0.876. The van der Waals surface area contributed by atoms with Crippen molar-refractivity contribution in [2.45, 2.75) is 32.9 Å². The summed E-state index contributed by atoms with van der Waals surface area (Å²) in [4.78, 5) is 16.6. The fourth-order valence-corrected chi connectivity index (χ4v) is 2.63. The van der Waals surface area contributed by atoms with Crippen molar-refractivity contribution in [1.29, 1.82) is 0 Å². The molecule has 0 aromatic carbocycles. The third-order valence-electron chi connectivity index (χ3n) is 3.85. The Kier molecular flexibility index (Phi) is 4.45. The summed E-state index contributed by atoms with van der Waals surface area (Å²) < 4.78 is 5.04. The van der Waals surface area contributed by atoms with E-state index in [4.69, 9.17) is 4.52 Å². The molecule has 0 atom stereocenters. The Balaban J connectivity index is 2.00. The van der Waals surface area contributed by atoms with Crippen molar-refractivity contribution in [3.63, 3.8) is 0 Å². The van der Waals surface area contributed by atoms with Crippen molar-refractivity contribution >= 4 is 5.91 Å². The fraction of sp³-hybridized carbons (Fsp3) is 0.714. The summed E-state index contributed by atoms with van der Waals surface area (Å²) in [5.74, 6) is 0.877. The van der Waals surface area contributed by atoms with Crippen molar-refractivity contribution in [2.24, 2.45) is 0 Å². The van der Waals surface area contributed by atoms with Gasteiger partial charge in [0.05, 0.1) is 12.1 Å². The molecule has 0 radical (unpaired) electrons. The van der Waals surface area contributed by atoms with Crippen LogP contribution in [0.1, 0.15) is 25.3 Å².